The predicted molar refractivity (Wildman–Crippen MR) is 45.6 cm³/mol. The first-order valence-corrected chi connectivity index (χ1v) is 3.46. The Kier molecular flexibility index (Phi) is 2.80. The lowest BCUT2D eigenvalue weighted by Gasteiger charge is -2.02. The van der Waals surface area contributed by atoms with Gasteiger partial charge in [-0.25, -0.2) is 0 Å². The van der Waals surface area contributed by atoms with E-state index in [0.29, 0.717) is 16.2 Å². The van der Waals surface area contributed by atoms with Crippen molar-refractivity contribution in [2.24, 2.45) is 0 Å². The second kappa shape index (κ2) is 3.65. The second-order valence-corrected chi connectivity index (χ2v) is 2.43. The molecule has 0 unspecified atom stereocenters. The Bertz CT molecular complexity index is 252. The maximum absolute atomic E-state index is 8.60. The van der Waals surface area contributed by atoms with Crippen LogP contribution in [0.1, 0.15) is 0 Å². The molecule has 0 saturated carbocycles. The predicted octanol–water partition coefficient (Wildman–Crippen LogP) is 0.585. The lowest BCUT2D eigenvalue weighted by molar-refractivity contribution is 0.415. The second-order valence-electron chi connectivity index (χ2n) is 2.02. The van der Waals surface area contributed by atoms with Crippen molar-refractivity contribution >= 4 is 24.5 Å². The Morgan fingerprint density at radius 3 is 2.73 bits per heavy atom. The first kappa shape index (κ1) is 8.43. The largest absolute Gasteiger partial charge is 0.495 e. The molecule has 1 aromatic rings. The minimum Gasteiger partial charge on any atom is -0.495 e. The van der Waals surface area contributed by atoms with Crippen LogP contribution in [0.15, 0.2) is 18.2 Å². The van der Waals surface area contributed by atoms with Crippen molar-refractivity contribution in [2.45, 2.75) is 0 Å². The third-order valence-corrected chi connectivity index (χ3v) is 1.62. The Balaban J connectivity index is 2.99. The van der Waals surface area contributed by atoms with Gasteiger partial charge in [0.1, 0.15) is 5.75 Å². The third-order valence-electron chi connectivity index (χ3n) is 1.32. The molecule has 0 aliphatic carbocycles. The van der Waals surface area contributed by atoms with Crippen LogP contribution in [0.5, 0.6) is 5.75 Å². The van der Waals surface area contributed by atoms with E-state index in [0.717, 1.165) is 7.48 Å². The van der Waals surface area contributed by atoms with Crippen LogP contribution >= 0.6 is 11.6 Å². The number of ether oxygens (including phenoxy) is 1. The average Bonchev–Trinajstić information content (AvgIpc) is 2.04. The fourth-order valence-electron chi connectivity index (χ4n) is 0.763. The molecular weight excluding hydrogens is 162 g/mol. The van der Waals surface area contributed by atoms with E-state index in [-0.39, 0.29) is 0 Å². The van der Waals surface area contributed by atoms with Crippen molar-refractivity contribution in [3.63, 3.8) is 0 Å². The summed E-state index contributed by atoms with van der Waals surface area (Å²) in [5, 5.41) is 9.10. The normalized spacial score (nSPS) is 9.36. The lowest BCUT2D eigenvalue weighted by atomic mass is 9.89. The van der Waals surface area contributed by atoms with Crippen LogP contribution in [-0.4, -0.2) is 19.6 Å². The van der Waals surface area contributed by atoms with Crippen molar-refractivity contribution in [1.82, 2.24) is 0 Å². The van der Waals surface area contributed by atoms with Gasteiger partial charge < -0.3 is 9.76 Å². The van der Waals surface area contributed by atoms with Gasteiger partial charge in [0.15, 0.2) is 0 Å². The van der Waals surface area contributed by atoms with Gasteiger partial charge in [-0.2, -0.15) is 0 Å². The molecule has 0 saturated heterocycles. The summed E-state index contributed by atoms with van der Waals surface area (Å²) < 4.78 is 4.92. The highest BCUT2D eigenvalue weighted by atomic mass is 35.5. The molecule has 11 heavy (non-hydrogen) atoms. The molecule has 0 aliphatic heterocycles. The van der Waals surface area contributed by atoms with Crippen LogP contribution in [0.3, 0.4) is 0 Å². The molecule has 0 bridgehead atoms. The number of rotatable bonds is 2. The van der Waals surface area contributed by atoms with E-state index < -0.39 is 0 Å². The molecule has 0 aromatic heterocycles. The maximum Gasteiger partial charge on any atom is 0.326 e. The van der Waals surface area contributed by atoms with Crippen LogP contribution in [0.25, 0.3) is 0 Å². The number of halogens is 1. The lowest BCUT2D eigenvalue weighted by Crippen LogP contribution is -2.12. The molecule has 0 amide bonds. The van der Waals surface area contributed by atoms with Gasteiger partial charge >= 0.3 is 7.48 Å². The Hall–Kier alpha value is -0.665. The van der Waals surface area contributed by atoms with Crippen molar-refractivity contribution in [2.75, 3.05) is 7.11 Å². The van der Waals surface area contributed by atoms with Gasteiger partial charge in [-0.05, 0) is 12.1 Å². The van der Waals surface area contributed by atoms with Crippen molar-refractivity contribution < 1.29 is 9.76 Å². The zero-order chi connectivity index (χ0) is 8.27. The van der Waals surface area contributed by atoms with E-state index in [4.69, 9.17) is 21.4 Å². The van der Waals surface area contributed by atoms with Gasteiger partial charge in [0, 0.05) is 0 Å². The fraction of sp³-hybridized carbons (Fsp3) is 0.143. The van der Waals surface area contributed by atoms with Crippen molar-refractivity contribution in [3.8, 4) is 5.75 Å². The quantitative estimate of drug-likeness (QED) is 0.657. The number of hydrogen-bond acceptors (Lipinski definition) is 2. The van der Waals surface area contributed by atoms with E-state index in [1.165, 1.54) is 0 Å². The number of hydrogen-bond donors (Lipinski definition) is 1. The molecule has 0 atom stereocenters. The van der Waals surface area contributed by atoms with Gasteiger partial charge in [-0.1, -0.05) is 23.1 Å². The highest BCUT2D eigenvalue weighted by Gasteiger charge is 2.00. The molecule has 0 heterocycles. The Morgan fingerprint density at radius 1 is 1.55 bits per heavy atom. The van der Waals surface area contributed by atoms with E-state index >= 15 is 0 Å². The molecule has 1 N–H and O–H groups in total. The van der Waals surface area contributed by atoms with E-state index in [1.807, 2.05) is 0 Å². The SMILES string of the molecule is COc1ccc([B]O)cc1Cl. The smallest absolute Gasteiger partial charge is 0.326 e. The molecule has 1 radical (unpaired) electrons. The number of methoxy groups -OCH3 is 1. The first-order valence-electron chi connectivity index (χ1n) is 3.09. The summed E-state index contributed by atoms with van der Waals surface area (Å²) in [6.45, 7) is 0. The molecule has 57 valence electrons. The van der Waals surface area contributed by atoms with Crippen LogP contribution in [0.2, 0.25) is 5.02 Å². The summed E-state index contributed by atoms with van der Waals surface area (Å²) >= 11 is 5.75. The summed E-state index contributed by atoms with van der Waals surface area (Å²) in [5.74, 6) is 0.609. The molecule has 1 rings (SSSR count). The standard InChI is InChI=1S/C7H7BClO2/c1-11-7-3-2-5(8-10)4-6(7)9/h2-4,10H,1H3. The minimum absolute atomic E-state index is 0.496. The summed E-state index contributed by atoms with van der Waals surface area (Å²) in [5.41, 5.74) is 0.663. The van der Waals surface area contributed by atoms with Gasteiger partial charge in [0.05, 0.1) is 12.1 Å². The topological polar surface area (TPSA) is 29.5 Å². The fourth-order valence-corrected chi connectivity index (χ4v) is 1.03. The van der Waals surface area contributed by atoms with Crippen LogP contribution < -0.4 is 10.2 Å². The monoisotopic (exact) mass is 169 g/mol. The van der Waals surface area contributed by atoms with Crippen LogP contribution in [-0.2, 0) is 0 Å². The highest BCUT2D eigenvalue weighted by molar-refractivity contribution is 6.46. The summed E-state index contributed by atoms with van der Waals surface area (Å²) in [6.07, 6.45) is 0. The molecule has 0 fully saturated rings. The van der Waals surface area contributed by atoms with Crippen LogP contribution in [0.4, 0.5) is 0 Å². The number of benzene rings is 1. The zero-order valence-electron chi connectivity index (χ0n) is 6.04. The molecule has 1 aromatic carbocycles. The Labute approximate surface area is 71.0 Å². The van der Waals surface area contributed by atoms with E-state index in [1.54, 1.807) is 25.3 Å². The highest BCUT2D eigenvalue weighted by Crippen LogP contribution is 2.21. The average molecular weight is 169 g/mol. The summed E-state index contributed by atoms with van der Waals surface area (Å²) in [7, 11) is 2.54. The molecule has 4 heteroatoms. The van der Waals surface area contributed by atoms with Gasteiger partial charge in [0.2, 0.25) is 0 Å². The van der Waals surface area contributed by atoms with E-state index in [2.05, 4.69) is 0 Å². The van der Waals surface area contributed by atoms with E-state index in [9.17, 15) is 0 Å². The summed E-state index contributed by atoms with van der Waals surface area (Å²) in [4.78, 5) is 0. The summed E-state index contributed by atoms with van der Waals surface area (Å²) in [6, 6.07) is 5.04. The molecule has 0 spiro atoms. The van der Waals surface area contributed by atoms with Crippen molar-refractivity contribution in [1.29, 1.82) is 0 Å². The first-order chi connectivity index (χ1) is 5.27. The Morgan fingerprint density at radius 2 is 2.27 bits per heavy atom. The third kappa shape index (κ3) is 1.88. The molecule has 0 aliphatic rings. The maximum atomic E-state index is 8.60. The van der Waals surface area contributed by atoms with Gasteiger partial charge in [-0.15, -0.1) is 0 Å². The van der Waals surface area contributed by atoms with Crippen LogP contribution in [0, 0.1) is 0 Å². The zero-order valence-corrected chi connectivity index (χ0v) is 6.80. The molecular formula is C7H7BClO2. The van der Waals surface area contributed by atoms with Gasteiger partial charge in [-0.3, -0.25) is 0 Å². The molecule has 2 nitrogen and oxygen atoms in total. The minimum atomic E-state index is 0.496. The van der Waals surface area contributed by atoms with Crippen molar-refractivity contribution in [3.05, 3.63) is 23.2 Å². The van der Waals surface area contributed by atoms with Gasteiger partial charge in [0.25, 0.3) is 0 Å².